The van der Waals surface area contributed by atoms with Crippen LogP contribution in [-0.2, 0) is 0 Å². The summed E-state index contributed by atoms with van der Waals surface area (Å²) in [5.41, 5.74) is 1.77. The van der Waals surface area contributed by atoms with Gasteiger partial charge in [0, 0.05) is 11.7 Å². The summed E-state index contributed by atoms with van der Waals surface area (Å²) in [6, 6.07) is 9.55. The molecular formula is C12H14N2O. The quantitative estimate of drug-likeness (QED) is 0.769. The standard InChI is InChI=1S/C12H14N2O/c1-9(13-2)12(15)11-7-6-10-5-3-4-8-14(10)11/h3-9,13H,1-2H3. The van der Waals surface area contributed by atoms with Gasteiger partial charge in [-0.1, -0.05) is 6.07 Å². The van der Waals surface area contributed by atoms with Crippen molar-refractivity contribution >= 4 is 11.3 Å². The SMILES string of the molecule is CNC(C)C(=O)c1ccc2ccccn12. The average molecular weight is 202 g/mol. The lowest BCUT2D eigenvalue weighted by Gasteiger charge is -2.08. The van der Waals surface area contributed by atoms with E-state index >= 15 is 0 Å². The number of likely N-dealkylation sites (N-methyl/N-ethyl adjacent to an activating group) is 1. The lowest BCUT2D eigenvalue weighted by Crippen LogP contribution is -2.31. The van der Waals surface area contributed by atoms with Crippen molar-refractivity contribution in [1.29, 1.82) is 0 Å². The highest BCUT2D eigenvalue weighted by Gasteiger charge is 2.15. The van der Waals surface area contributed by atoms with Crippen LogP contribution in [-0.4, -0.2) is 23.3 Å². The van der Waals surface area contributed by atoms with Gasteiger partial charge in [0.05, 0.1) is 11.7 Å². The molecule has 2 aromatic rings. The first-order valence-electron chi connectivity index (χ1n) is 5.01. The minimum atomic E-state index is -0.150. The fourth-order valence-electron chi connectivity index (χ4n) is 1.61. The first kappa shape index (κ1) is 9.93. The molecule has 15 heavy (non-hydrogen) atoms. The predicted molar refractivity (Wildman–Crippen MR) is 60.2 cm³/mol. The molecule has 2 rings (SSSR count). The number of fused-ring (bicyclic) bond motifs is 1. The van der Waals surface area contributed by atoms with Crippen LogP contribution in [0.15, 0.2) is 36.5 Å². The molecule has 0 fully saturated rings. The fourth-order valence-corrected chi connectivity index (χ4v) is 1.61. The monoisotopic (exact) mass is 202 g/mol. The minimum absolute atomic E-state index is 0.115. The number of rotatable bonds is 3. The van der Waals surface area contributed by atoms with Crippen LogP contribution in [0.2, 0.25) is 0 Å². The van der Waals surface area contributed by atoms with Crippen LogP contribution in [0, 0.1) is 0 Å². The van der Waals surface area contributed by atoms with E-state index in [1.165, 1.54) is 0 Å². The first-order chi connectivity index (χ1) is 7.24. The van der Waals surface area contributed by atoms with E-state index in [1.807, 2.05) is 47.9 Å². The van der Waals surface area contributed by atoms with Crippen LogP contribution < -0.4 is 5.32 Å². The second kappa shape index (κ2) is 3.87. The molecule has 3 heteroatoms. The Bertz CT molecular complexity index is 487. The van der Waals surface area contributed by atoms with Gasteiger partial charge in [-0.15, -0.1) is 0 Å². The number of nitrogens with zero attached hydrogens (tertiary/aromatic N) is 1. The Morgan fingerprint density at radius 2 is 2.13 bits per heavy atom. The Morgan fingerprint density at radius 1 is 1.33 bits per heavy atom. The lowest BCUT2D eigenvalue weighted by molar-refractivity contribution is 0.0949. The van der Waals surface area contributed by atoms with Gasteiger partial charge in [0.25, 0.3) is 0 Å². The summed E-state index contributed by atoms with van der Waals surface area (Å²) in [7, 11) is 1.79. The summed E-state index contributed by atoms with van der Waals surface area (Å²) in [6.45, 7) is 1.87. The molecule has 0 aliphatic heterocycles. The highest BCUT2D eigenvalue weighted by molar-refractivity contribution is 5.99. The minimum Gasteiger partial charge on any atom is -0.314 e. The molecule has 0 aliphatic carbocycles. The van der Waals surface area contributed by atoms with E-state index in [-0.39, 0.29) is 11.8 Å². The maximum absolute atomic E-state index is 12.0. The Morgan fingerprint density at radius 3 is 2.87 bits per heavy atom. The van der Waals surface area contributed by atoms with Crippen LogP contribution >= 0.6 is 0 Å². The molecule has 78 valence electrons. The third kappa shape index (κ3) is 1.66. The fraction of sp³-hybridized carbons (Fsp3) is 0.250. The van der Waals surface area contributed by atoms with Gasteiger partial charge in [-0.3, -0.25) is 4.79 Å². The van der Waals surface area contributed by atoms with E-state index in [1.54, 1.807) is 7.05 Å². The molecule has 1 atom stereocenters. The Hall–Kier alpha value is -1.61. The molecule has 1 N–H and O–H groups in total. The predicted octanol–water partition coefficient (Wildman–Crippen LogP) is 1.73. The Balaban J connectivity index is 2.48. The summed E-state index contributed by atoms with van der Waals surface area (Å²) in [5.74, 6) is 0.115. The van der Waals surface area contributed by atoms with Crippen molar-refractivity contribution in [2.45, 2.75) is 13.0 Å². The van der Waals surface area contributed by atoms with Crippen molar-refractivity contribution in [3.8, 4) is 0 Å². The zero-order valence-electron chi connectivity index (χ0n) is 8.90. The van der Waals surface area contributed by atoms with E-state index < -0.39 is 0 Å². The van der Waals surface area contributed by atoms with Gasteiger partial charge in [-0.2, -0.15) is 0 Å². The van der Waals surface area contributed by atoms with Crippen molar-refractivity contribution in [2.24, 2.45) is 0 Å². The normalized spacial score (nSPS) is 12.9. The molecule has 0 saturated carbocycles. The summed E-state index contributed by atoms with van der Waals surface area (Å²) in [5, 5.41) is 2.95. The molecule has 0 aromatic carbocycles. The number of hydrogen-bond donors (Lipinski definition) is 1. The van der Waals surface area contributed by atoms with Crippen molar-refractivity contribution < 1.29 is 4.79 Å². The molecule has 3 nitrogen and oxygen atoms in total. The number of nitrogens with one attached hydrogen (secondary N) is 1. The summed E-state index contributed by atoms with van der Waals surface area (Å²) in [6.07, 6.45) is 1.91. The molecule has 1 unspecified atom stereocenters. The van der Waals surface area contributed by atoms with Gasteiger partial charge >= 0.3 is 0 Å². The number of ketones is 1. The van der Waals surface area contributed by atoms with Gasteiger partial charge in [0.15, 0.2) is 5.78 Å². The van der Waals surface area contributed by atoms with Crippen molar-refractivity contribution in [1.82, 2.24) is 9.72 Å². The highest BCUT2D eigenvalue weighted by Crippen LogP contribution is 2.11. The number of carbonyl (C=O) groups is 1. The van der Waals surface area contributed by atoms with Crippen molar-refractivity contribution in [2.75, 3.05) is 7.05 Å². The molecule has 0 aliphatic rings. The average Bonchev–Trinajstić information content (AvgIpc) is 2.70. The number of hydrogen-bond acceptors (Lipinski definition) is 2. The van der Waals surface area contributed by atoms with E-state index in [0.29, 0.717) is 0 Å². The summed E-state index contributed by atoms with van der Waals surface area (Å²) >= 11 is 0. The first-order valence-corrected chi connectivity index (χ1v) is 5.01. The van der Waals surface area contributed by atoms with E-state index in [2.05, 4.69) is 5.32 Å². The van der Waals surface area contributed by atoms with E-state index in [0.717, 1.165) is 11.2 Å². The zero-order valence-corrected chi connectivity index (χ0v) is 8.90. The van der Waals surface area contributed by atoms with E-state index in [4.69, 9.17) is 0 Å². The smallest absolute Gasteiger partial charge is 0.196 e. The van der Waals surface area contributed by atoms with Crippen LogP contribution in [0.5, 0.6) is 0 Å². The Kier molecular flexibility index (Phi) is 2.56. The largest absolute Gasteiger partial charge is 0.314 e. The van der Waals surface area contributed by atoms with Crippen LogP contribution in [0.25, 0.3) is 5.52 Å². The summed E-state index contributed by atoms with van der Waals surface area (Å²) < 4.78 is 1.91. The van der Waals surface area contributed by atoms with Gasteiger partial charge < -0.3 is 9.72 Å². The van der Waals surface area contributed by atoms with Gasteiger partial charge in [0.1, 0.15) is 0 Å². The van der Waals surface area contributed by atoms with Gasteiger partial charge in [0.2, 0.25) is 0 Å². The zero-order chi connectivity index (χ0) is 10.8. The van der Waals surface area contributed by atoms with Crippen LogP contribution in [0.1, 0.15) is 17.4 Å². The third-order valence-corrected chi connectivity index (χ3v) is 2.64. The van der Waals surface area contributed by atoms with Crippen molar-refractivity contribution in [3.63, 3.8) is 0 Å². The topological polar surface area (TPSA) is 33.5 Å². The maximum Gasteiger partial charge on any atom is 0.196 e. The molecule has 0 spiro atoms. The van der Waals surface area contributed by atoms with E-state index in [9.17, 15) is 4.79 Å². The summed E-state index contributed by atoms with van der Waals surface area (Å²) in [4.78, 5) is 12.0. The second-order valence-corrected chi connectivity index (χ2v) is 3.59. The second-order valence-electron chi connectivity index (χ2n) is 3.59. The molecule has 0 bridgehead atoms. The molecular weight excluding hydrogens is 188 g/mol. The number of Topliss-reactive ketones (excluding diaryl/α,β-unsaturated/α-hetero) is 1. The molecule has 2 aromatic heterocycles. The van der Waals surface area contributed by atoms with Crippen molar-refractivity contribution in [3.05, 3.63) is 42.2 Å². The molecule has 0 radical (unpaired) electrons. The maximum atomic E-state index is 12.0. The third-order valence-electron chi connectivity index (χ3n) is 2.64. The number of aromatic nitrogens is 1. The lowest BCUT2D eigenvalue weighted by atomic mass is 10.1. The Labute approximate surface area is 88.7 Å². The van der Waals surface area contributed by atoms with Crippen LogP contribution in [0.4, 0.5) is 0 Å². The van der Waals surface area contributed by atoms with Crippen LogP contribution in [0.3, 0.4) is 0 Å². The van der Waals surface area contributed by atoms with Gasteiger partial charge in [-0.25, -0.2) is 0 Å². The molecule has 0 saturated heterocycles. The number of carbonyl (C=O) groups excluding carboxylic acids is 1. The highest BCUT2D eigenvalue weighted by atomic mass is 16.1. The van der Waals surface area contributed by atoms with Gasteiger partial charge in [-0.05, 0) is 38.2 Å². The number of pyridine rings is 1. The molecule has 0 amide bonds. The molecule has 2 heterocycles.